The SMILES string of the molecule is CC(c1ccc(F)cc1O)N1CCNCc2ccccc21. The highest BCUT2D eigenvalue weighted by atomic mass is 19.1. The topological polar surface area (TPSA) is 35.5 Å². The molecule has 4 heteroatoms. The van der Waals surface area contributed by atoms with Crippen LogP contribution in [-0.2, 0) is 6.54 Å². The van der Waals surface area contributed by atoms with Crippen molar-refractivity contribution in [3.05, 3.63) is 59.4 Å². The van der Waals surface area contributed by atoms with Crippen LogP contribution in [-0.4, -0.2) is 18.2 Å². The number of benzene rings is 2. The fourth-order valence-electron chi connectivity index (χ4n) is 2.92. The number of phenolic OH excluding ortho intramolecular Hbond substituents is 1. The van der Waals surface area contributed by atoms with Gasteiger partial charge < -0.3 is 15.3 Å². The quantitative estimate of drug-likeness (QED) is 0.890. The molecular weight excluding hydrogens is 267 g/mol. The average molecular weight is 286 g/mol. The average Bonchev–Trinajstić information content (AvgIpc) is 2.69. The molecule has 0 aromatic heterocycles. The monoisotopic (exact) mass is 286 g/mol. The minimum atomic E-state index is -0.415. The molecule has 1 atom stereocenters. The van der Waals surface area contributed by atoms with Crippen molar-refractivity contribution in [3.63, 3.8) is 0 Å². The molecule has 110 valence electrons. The van der Waals surface area contributed by atoms with Crippen LogP contribution in [0.5, 0.6) is 5.75 Å². The number of nitrogens with zero attached hydrogens (tertiary/aromatic N) is 1. The first-order valence-corrected chi connectivity index (χ1v) is 7.20. The fourth-order valence-corrected chi connectivity index (χ4v) is 2.92. The summed E-state index contributed by atoms with van der Waals surface area (Å²) in [5, 5.41) is 13.4. The van der Waals surface area contributed by atoms with Gasteiger partial charge in [-0.15, -0.1) is 0 Å². The summed E-state index contributed by atoms with van der Waals surface area (Å²) in [6.45, 7) is 4.60. The van der Waals surface area contributed by atoms with Gasteiger partial charge in [0.05, 0.1) is 6.04 Å². The number of hydrogen-bond acceptors (Lipinski definition) is 3. The molecular formula is C17H19FN2O. The Balaban J connectivity index is 1.99. The van der Waals surface area contributed by atoms with Crippen LogP contribution in [0.3, 0.4) is 0 Å². The molecule has 2 aromatic rings. The second-order valence-electron chi connectivity index (χ2n) is 5.38. The molecule has 2 N–H and O–H groups in total. The summed E-state index contributed by atoms with van der Waals surface area (Å²) < 4.78 is 13.2. The van der Waals surface area contributed by atoms with E-state index in [0.717, 1.165) is 25.2 Å². The molecule has 0 amide bonds. The van der Waals surface area contributed by atoms with Gasteiger partial charge in [-0.25, -0.2) is 4.39 Å². The molecule has 1 aliphatic heterocycles. The van der Waals surface area contributed by atoms with Gasteiger partial charge in [-0.1, -0.05) is 24.3 Å². The summed E-state index contributed by atoms with van der Waals surface area (Å²) >= 11 is 0. The van der Waals surface area contributed by atoms with Crippen molar-refractivity contribution < 1.29 is 9.50 Å². The van der Waals surface area contributed by atoms with Crippen molar-refractivity contribution in [1.82, 2.24) is 5.32 Å². The third-order valence-corrected chi connectivity index (χ3v) is 4.06. The Kier molecular flexibility index (Phi) is 3.80. The van der Waals surface area contributed by atoms with Crippen LogP contribution < -0.4 is 10.2 Å². The summed E-state index contributed by atoms with van der Waals surface area (Å²) in [5.74, 6) is -0.404. The highest BCUT2D eigenvalue weighted by molar-refractivity contribution is 5.57. The van der Waals surface area contributed by atoms with Crippen LogP contribution in [0.4, 0.5) is 10.1 Å². The third kappa shape index (κ3) is 2.72. The van der Waals surface area contributed by atoms with Crippen LogP contribution >= 0.6 is 0 Å². The molecule has 0 bridgehead atoms. The number of anilines is 1. The van der Waals surface area contributed by atoms with Crippen LogP contribution in [0, 0.1) is 5.82 Å². The maximum absolute atomic E-state index is 13.2. The number of nitrogens with one attached hydrogen (secondary N) is 1. The molecule has 0 spiro atoms. The highest BCUT2D eigenvalue weighted by Gasteiger charge is 2.22. The summed E-state index contributed by atoms with van der Waals surface area (Å²) in [6, 6.07) is 12.5. The first-order chi connectivity index (χ1) is 10.2. The second kappa shape index (κ2) is 5.74. The lowest BCUT2D eigenvalue weighted by molar-refractivity contribution is 0.454. The van der Waals surface area contributed by atoms with Gasteiger partial charge in [-0.3, -0.25) is 0 Å². The highest BCUT2D eigenvalue weighted by Crippen LogP contribution is 2.34. The summed E-state index contributed by atoms with van der Waals surface area (Å²) in [5.41, 5.74) is 3.15. The Morgan fingerprint density at radius 3 is 2.86 bits per heavy atom. The van der Waals surface area contributed by atoms with E-state index in [1.807, 2.05) is 19.1 Å². The lowest BCUT2D eigenvalue weighted by Crippen LogP contribution is -2.31. The molecule has 21 heavy (non-hydrogen) atoms. The summed E-state index contributed by atoms with van der Waals surface area (Å²) in [6.07, 6.45) is 0. The number of phenols is 1. The van der Waals surface area contributed by atoms with Crippen LogP contribution in [0.1, 0.15) is 24.1 Å². The second-order valence-corrected chi connectivity index (χ2v) is 5.38. The lowest BCUT2D eigenvalue weighted by atomic mass is 10.0. The Hall–Kier alpha value is -2.07. The number of fused-ring (bicyclic) bond motifs is 1. The predicted octanol–water partition coefficient (Wildman–Crippen LogP) is 3.20. The minimum Gasteiger partial charge on any atom is -0.507 e. The van der Waals surface area contributed by atoms with E-state index in [0.29, 0.717) is 0 Å². The number of hydrogen-bond donors (Lipinski definition) is 2. The maximum Gasteiger partial charge on any atom is 0.126 e. The fraction of sp³-hybridized carbons (Fsp3) is 0.294. The number of halogens is 1. The molecule has 2 aromatic carbocycles. The van der Waals surface area contributed by atoms with E-state index in [1.54, 1.807) is 6.07 Å². The van der Waals surface area contributed by atoms with Crippen LogP contribution in [0.15, 0.2) is 42.5 Å². The van der Waals surface area contributed by atoms with E-state index in [4.69, 9.17) is 0 Å². The maximum atomic E-state index is 13.2. The van der Waals surface area contributed by atoms with Gasteiger partial charge in [-0.2, -0.15) is 0 Å². The van der Waals surface area contributed by atoms with E-state index in [2.05, 4.69) is 22.3 Å². The van der Waals surface area contributed by atoms with E-state index in [-0.39, 0.29) is 11.8 Å². The predicted molar refractivity (Wildman–Crippen MR) is 82.0 cm³/mol. The molecule has 1 heterocycles. The molecule has 0 radical (unpaired) electrons. The minimum absolute atomic E-state index is 0.0113. The van der Waals surface area contributed by atoms with Gasteiger partial charge in [0.15, 0.2) is 0 Å². The van der Waals surface area contributed by atoms with Crippen molar-refractivity contribution in [2.75, 3.05) is 18.0 Å². The Morgan fingerprint density at radius 1 is 1.24 bits per heavy atom. The van der Waals surface area contributed by atoms with Gasteiger partial charge in [0.25, 0.3) is 0 Å². The van der Waals surface area contributed by atoms with Gasteiger partial charge in [0.2, 0.25) is 0 Å². The van der Waals surface area contributed by atoms with Crippen molar-refractivity contribution >= 4 is 5.69 Å². The Bertz CT molecular complexity index is 644. The van der Waals surface area contributed by atoms with Crippen LogP contribution in [0.2, 0.25) is 0 Å². The van der Waals surface area contributed by atoms with E-state index < -0.39 is 5.82 Å². The lowest BCUT2D eigenvalue weighted by Gasteiger charge is -2.32. The van der Waals surface area contributed by atoms with Gasteiger partial charge in [-0.05, 0) is 24.6 Å². The molecule has 3 nitrogen and oxygen atoms in total. The normalized spacial score (nSPS) is 16.2. The van der Waals surface area contributed by atoms with Crippen molar-refractivity contribution in [1.29, 1.82) is 0 Å². The number of aromatic hydroxyl groups is 1. The zero-order valence-electron chi connectivity index (χ0n) is 12.0. The number of rotatable bonds is 2. The molecule has 0 fully saturated rings. The largest absolute Gasteiger partial charge is 0.507 e. The van der Waals surface area contributed by atoms with Gasteiger partial charge in [0.1, 0.15) is 11.6 Å². The van der Waals surface area contributed by atoms with Gasteiger partial charge in [0, 0.05) is 37.0 Å². The standard InChI is InChI=1S/C17H19FN2O/c1-12(15-7-6-14(18)10-17(15)21)20-9-8-19-11-13-4-2-3-5-16(13)20/h2-7,10,12,19,21H,8-9,11H2,1H3. The molecule has 0 saturated heterocycles. The van der Waals surface area contributed by atoms with Crippen LogP contribution in [0.25, 0.3) is 0 Å². The molecule has 3 rings (SSSR count). The Labute approximate surface area is 124 Å². The zero-order valence-corrected chi connectivity index (χ0v) is 12.0. The van der Waals surface area contributed by atoms with E-state index in [1.165, 1.54) is 23.4 Å². The van der Waals surface area contributed by atoms with E-state index in [9.17, 15) is 9.50 Å². The van der Waals surface area contributed by atoms with Crippen molar-refractivity contribution in [2.24, 2.45) is 0 Å². The van der Waals surface area contributed by atoms with Gasteiger partial charge >= 0.3 is 0 Å². The molecule has 0 aliphatic carbocycles. The number of para-hydroxylation sites is 1. The van der Waals surface area contributed by atoms with Crippen molar-refractivity contribution in [3.8, 4) is 5.75 Å². The molecule has 1 unspecified atom stereocenters. The Morgan fingerprint density at radius 2 is 2.05 bits per heavy atom. The smallest absolute Gasteiger partial charge is 0.126 e. The van der Waals surface area contributed by atoms with E-state index >= 15 is 0 Å². The first kappa shape index (κ1) is 13.9. The first-order valence-electron chi connectivity index (χ1n) is 7.20. The van der Waals surface area contributed by atoms with Crippen molar-refractivity contribution in [2.45, 2.75) is 19.5 Å². The summed E-state index contributed by atoms with van der Waals surface area (Å²) in [7, 11) is 0. The molecule has 1 aliphatic rings. The zero-order chi connectivity index (χ0) is 14.8. The molecule has 0 saturated carbocycles. The summed E-state index contributed by atoms with van der Waals surface area (Å²) in [4.78, 5) is 2.25. The third-order valence-electron chi connectivity index (χ3n) is 4.06.